The number of anilines is 3. The molecular weight excluding hydrogens is 394 g/mol. The van der Waals surface area contributed by atoms with Crippen LogP contribution in [0.5, 0.6) is 0 Å². The Morgan fingerprint density at radius 3 is 2.52 bits per heavy atom. The number of nitrogens with zero attached hydrogens (tertiary/aromatic N) is 7. The Morgan fingerprint density at radius 2 is 1.84 bits per heavy atom. The average molecular weight is 417 g/mol. The first kappa shape index (κ1) is 19.0. The second kappa shape index (κ2) is 7.71. The summed E-state index contributed by atoms with van der Waals surface area (Å²) in [5.74, 6) is 1.38. The van der Waals surface area contributed by atoms with Gasteiger partial charge in [0, 0.05) is 57.7 Å². The Kier molecular flexibility index (Phi) is 4.73. The molecule has 2 N–H and O–H groups in total. The van der Waals surface area contributed by atoms with Gasteiger partial charge >= 0.3 is 0 Å². The third kappa shape index (κ3) is 3.79. The molecule has 1 aliphatic heterocycles. The molecule has 0 radical (unpaired) electrons. The summed E-state index contributed by atoms with van der Waals surface area (Å²) in [5.41, 5.74) is 4.37. The van der Waals surface area contributed by atoms with E-state index >= 15 is 0 Å². The topological polar surface area (TPSA) is 108 Å². The van der Waals surface area contributed by atoms with Gasteiger partial charge in [0.25, 0.3) is 0 Å². The van der Waals surface area contributed by atoms with Crippen molar-refractivity contribution in [1.82, 2.24) is 34.8 Å². The lowest BCUT2D eigenvalue weighted by atomic mass is 10.2. The van der Waals surface area contributed by atoms with E-state index < -0.39 is 0 Å². The molecule has 0 saturated carbocycles. The number of carbonyl (C=O) groups is 1. The van der Waals surface area contributed by atoms with E-state index in [-0.39, 0.29) is 5.91 Å². The minimum atomic E-state index is 0.139. The van der Waals surface area contributed by atoms with Crippen LogP contribution in [0, 0.1) is 0 Å². The van der Waals surface area contributed by atoms with Gasteiger partial charge in [-0.15, -0.1) is 0 Å². The van der Waals surface area contributed by atoms with Crippen molar-refractivity contribution in [3.05, 3.63) is 42.9 Å². The van der Waals surface area contributed by atoms with Crippen molar-refractivity contribution in [3.8, 4) is 11.4 Å². The smallest absolute Gasteiger partial charge is 0.219 e. The van der Waals surface area contributed by atoms with E-state index in [1.54, 1.807) is 24.0 Å². The summed E-state index contributed by atoms with van der Waals surface area (Å²) in [7, 11) is 1.86. The molecule has 0 atom stereocenters. The summed E-state index contributed by atoms with van der Waals surface area (Å²) < 4.78 is 1.72. The van der Waals surface area contributed by atoms with E-state index in [2.05, 4.69) is 42.6 Å². The number of amides is 1. The van der Waals surface area contributed by atoms with Crippen LogP contribution < -0.4 is 10.2 Å². The normalized spacial score (nSPS) is 14.3. The zero-order valence-corrected chi connectivity index (χ0v) is 17.4. The zero-order chi connectivity index (χ0) is 21.4. The Balaban J connectivity index is 1.36. The lowest BCUT2D eigenvalue weighted by molar-refractivity contribution is -0.129. The molecule has 1 amide bonds. The molecule has 0 bridgehead atoms. The van der Waals surface area contributed by atoms with Gasteiger partial charge in [0.05, 0.1) is 18.0 Å². The highest BCUT2D eigenvalue weighted by molar-refractivity contribution is 5.88. The number of benzene rings is 1. The molecule has 1 fully saturated rings. The van der Waals surface area contributed by atoms with E-state index in [9.17, 15) is 4.79 Å². The molecule has 0 aliphatic carbocycles. The molecule has 10 nitrogen and oxygen atoms in total. The van der Waals surface area contributed by atoms with E-state index in [1.807, 2.05) is 30.3 Å². The van der Waals surface area contributed by atoms with Gasteiger partial charge in [-0.1, -0.05) is 0 Å². The number of rotatable bonds is 4. The molecule has 31 heavy (non-hydrogen) atoms. The number of fused-ring (bicyclic) bond motifs is 1. The molecule has 158 valence electrons. The SMILES string of the molecule is CC(=O)N1CCN(c2ccc(Nc3nc(-c4cnn(C)c4)nc4cn[nH]c34)cc2)CC1. The monoisotopic (exact) mass is 417 g/mol. The van der Waals surface area contributed by atoms with Crippen molar-refractivity contribution < 1.29 is 4.79 Å². The molecule has 1 saturated heterocycles. The minimum absolute atomic E-state index is 0.139. The van der Waals surface area contributed by atoms with Gasteiger partial charge in [-0.05, 0) is 24.3 Å². The number of aromatic amines is 1. The van der Waals surface area contributed by atoms with Gasteiger partial charge in [0.1, 0.15) is 11.0 Å². The Hall–Kier alpha value is -3.95. The van der Waals surface area contributed by atoms with Crippen LogP contribution in [0.25, 0.3) is 22.4 Å². The third-order valence-electron chi connectivity index (χ3n) is 5.48. The highest BCUT2D eigenvalue weighted by Crippen LogP contribution is 2.27. The van der Waals surface area contributed by atoms with Gasteiger partial charge in [0.15, 0.2) is 11.6 Å². The number of hydrogen-bond acceptors (Lipinski definition) is 7. The van der Waals surface area contributed by atoms with E-state index in [4.69, 9.17) is 4.98 Å². The number of hydrogen-bond donors (Lipinski definition) is 2. The third-order valence-corrected chi connectivity index (χ3v) is 5.48. The van der Waals surface area contributed by atoms with Gasteiger partial charge < -0.3 is 15.1 Å². The summed E-state index contributed by atoms with van der Waals surface area (Å²) >= 11 is 0. The van der Waals surface area contributed by atoms with Crippen molar-refractivity contribution in [2.45, 2.75) is 6.92 Å². The van der Waals surface area contributed by atoms with Crippen molar-refractivity contribution in [2.75, 3.05) is 36.4 Å². The molecule has 1 aliphatic rings. The maximum Gasteiger partial charge on any atom is 0.219 e. The summed E-state index contributed by atoms with van der Waals surface area (Å²) in [4.78, 5) is 25.0. The number of aromatic nitrogens is 6. The highest BCUT2D eigenvalue weighted by atomic mass is 16.2. The van der Waals surface area contributed by atoms with Crippen molar-refractivity contribution in [2.24, 2.45) is 7.05 Å². The van der Waals surface area contributed by atoms with E-state index in [0.717, 1.165) is 54.2 Å². The number of nitrogens with one attached hydrogen (secondary N) is 2. The maximum absolute atomic E-state index is 11.5. The minimum Gasteiger partial charge on any atom is -0.368 e. The Morgan fingerprint density at radius 1 is 1.06 bits per heavy atom. The summed E-state index contributed by atoms with van der Waals surface area (Å²) in [6, 6.07) is 8.22. The number of aryl methyl sites for hydroxylation is 1. The molecular formula is C21H23N9O. The van der Waals surface area contributed by atoms with Gasteiger partial charge in [-0.2, -0.15) is 10.2 Å². The largest absolute Gasteiger partial charge is 0.368 e. The number of H-pyrrole nitrogens is 1. The van der Waals surface area contributed by atoms with Crippen LogP contribution in [-0.4, -0.2) is 66.9 Å². The first-order chi connectivity index (χ1) is 15.1. The van der Waals surface area contributed by atoms with Crippen LogP contribution >= 0.6 is 0 Å². The number of carbonyl (C=O) groups excluding carboxylic acids is 1. The first-order valence-corrected chi connectivity index (χ1v) is 10.1. The molecule has 10 heteroatoms. The fraction of sp³-hybridized carbons (Fsp3) is 0.286. The predicted molar refractivity (Wildman–Crippen MR) is 118 cm³/mol. The van der Waals surface area contributed by atoms with Gasteiger partial charge in [0.2, 0.25) is 5.91 Å². The fourth-order valence-electron chi connectivity index (χ4n) is 3.77. The summed E-state index contributed by atoms with van der Waals surface area (Å²) in [6.45, 7) is 4.80. The lowest BCUT2D eigenvalue weighted by Crippen LogP contribution is -2.48. The summed E-state index contributed by atoms with van der Waals surface area (Å²) in [6.07, 6.45) is 5.31. The Labute approximate surface area is 178 Å². The second-order valence-electron chi connectivity index (χ2n) is 7.59. The van der Waals surface area contributed by atoms with Crippen molar-refractivity contribution in [3.63, 3.8) is 0 Å². The predicted octanol–water partition coefficient (Wildman–Crippen LogP) is 2.17. The van der Waals surface area contributed by atoms with E-state index in [1.165, 1.54) is 0 Å². The summed E-state index contributed by atoms with van der Waals surface area (Å²) in [5, 5.41) is 14.7. The zero-order valence-electron chi connectivity index (χ0n) is 17.4. The molecule has 4 heterocycles. The van der Waals surface area contributed by atoms with Crippen LogP contribution in [0.1, 0.15) is 6.92 Å². The van der Waals surface area contributed by atoms with Gasteiger partial charge in [-0.25, -0.2) is 9.97 Å². The van der Waals surface area contributed by atoms with Gasteiger partial charge in [-0.3, -0.25) is 14.6 Å². The molecule has 3 aromatic heterocycles. The van der Waals surface area contributed by atoms with Crippen molar-refractivity contribution in [1.29, 1.82) is 0 Å². The van der Waals surface area contributed by atoms with Crippen LogP contribution in [0.15, 0.2) is 42.9 Å². The highest BCUT2D eigenvalue weighted by Gasteiger charge is 2.19. The van der Waals surface area contributed by atoms with Crippen LogP contribution in [0.2, 0.25) is 0 Å². The Bertz CT molecular complexity index is 1220. The van der Waals surface area contributed by atoms with Crippen molar-refractivity contribution >= 4 is 34.1 Å². The molecule has 0 unspecified atom stereocenters. The average Bonchev–Trinajstić information content (AvgIpc) is 3.43. The quantitative estimate of drug-likeness (QED) is 0.524. The molecule has 1 aromatic carbocycles. The molecule has 4 aromatic rings. The second-order valence-corrected chi connectivity index (χ2v) is 7.59. The first-order valence-electron chi connectivity index (χ1n) is 10.1. The lowest BCUT2D eigenvalue weighted by Gasteiger charge is -2.35. The standard InChI is InChI=1S/C21H23N9O/c1-14(31)29-7-9-30(10-8-29)17-5-3-16(4-6-17)24-21-19-18(12-22-27-19)25-20(26-21)15-11-23-28(2)13-15/h3-6,11-13H,7-10H2,1-2H3,(H,22,27)(H,24,25,26). The fourth-order valence-corrected chi connectivity index (χ4v) is 3.77. The van der Waals surface area contributed by atoms with Crippen LogP contribution in [-0.2, 0) is 11.8 Å². The van der Waals surface area contributed by atoms with Crippen LogP contribution in [0.3, 0.4) is 0 Å². The molecule has 5 rings (SSSR count). The number of piperazine rings is 1. The maximum atomic E-state index is 11.5. The molecule has 0 spiro atoms. The van der Waals surface area contributed by atoms with E-state index in [0.29, 0.717) is 11.6 Å². The van der Waals surface area contributed by atoms with Crippen LogP contribution in [0.4, 0.5) is 17.2 Å².